The topological polar surface area (TPSA) is 67.9 Å². The average Bonchev–Trinajstić information content (AvgIpc) is 2.74. The summed E-state index contributed by atoms with van der Waals surface area (Å²) in [7, 11) is 1.59. The molecule has 0 unspecified atom stereocenters. The van der Waals surface area contributed by atoms with E-state index in [-0.39, 0.29) is 11.6 Å². The Morgan fingerprint density at radius 3 is 2.43 bits per heavy atom. The molecule has 146 valence electrons. The number of rotatable bonds is 5. The van der Waals surface area contributed by atoms with Gasteiger partial charge in [0, 0.05) is 13.1 Å². The van der Waals surface area contributed by atoms with E-state index in [2.05, 4.69) is 5.32 Å². The van der Waals surface area contributed by atoms with E-state index in [0.717, 1.165) is 5.56 Å². The molecule has 2 aromatic carbocycles. The Kier molecular flexibility index (Phi) is 6.68. The van der Waals surface area contributed by atoms with E-state index < -0.39 is 5.91 Å². The minimum atomic E-state index is -0.438. The lowest BCUT2D eigenvalue weighted by atomic mass is 10.1. The first-order chi connectivity index (χ1) is 13.6. The lowest BCUT2D eigenvalue weighted by Crippen LogP contribution is -2.44. The summed E-state index contributed by atoms with van der Waals surface area (Å²) in [6, 6.07) is 13.9. The summed E-state index contributed by atoms with van der Waals surface area (Å²) in [6.45, 7) is 1.89. The molecule has 1 heterocycles. The maximum atomic E-state index is 13.0. The predicted molar refractivity (Wildman–Crippen MR) is 107 cm³/mol. The second kappa shape index (κ2) is 9.39. The third-order valence-corrected chi connectivity index (χ3v) is 4.65. The molecule has 2 amide bonds. The maximum Gasteiger partial charge on any atom is 0.270 e. The summed E-state index contributed by atoms with van der Waals surface area (Å²) < 4.78 is 10.5. The average molecular weight is 401 g/mol. The summed E-state index contributed by atoms with van der Waals surface area (Å²) in [6.07, 6.45) is 1.64. The number of morpholine rings is 1. The zero-order chi connectivity index (χ0) is 19.9. The number of nitrogens with zero attached hydrogens (tertiary/aromatic N) is 1. The van der Waals surface area contributed by atoms with Crippen LogP contribution in [-0.2, 0) is 9.53 Å². The highest BCUT2D eigenvalue weighted by Gasteiger charge is 2.23. The highest BCUT2D eigenvalue weighted by molar-refractivity contribution is 6.34. The molecule has 28 heavy (non-hydrogen) atoms. The molecule has 6 nitrogen and oxygen atoms in total. The van der Waals surface area contributed by atoms with Crippen molar-refractivity contribution in [2.24, 2.45) is 0 Å². The fourth-order valence-electron chi connectivity index (χ4n) is 2.79. The van der Waals surface area contributed by atoms with Crippen molar-refractivity contribution in [2.45, 2.75) is 0 Å². The molecule has 0 bridgehead atoms. The third kappa shape index (κ3) is 4.91. The van der Waals surface area contributed by atoms with Crippen molar-refractivity contribution in [3.63, 3.8) is 0 Å². The van der Waals surface area contributed by atoms with Crippen LogP contribution >= 0.6 is 11.6 Å². The van der Waals surface area contributed by atoms with Gasteiger partial charge in [0.05, 0.1) is 30.9 Å². The molecule has 7 heteroatoms. The molecule has 1 fully saturated rings. The van der Waals surface area contributed by atoms with E-state index in [9.17, 15) is 9.59 Å². The lowest BCUT2D eigenvalue weighted by molar-refractivity contribution is -0.131. The summed E-state index contributed by atoms with van der Waals surface area (Å²) >= 11 is 6.12. The Balaban J connectivity index is 1.88. The zero-order valence-electron chi connectivity index (χ0n) is 15.5. The van der Waals surface area contributed by atoms with Gasteiger partial charge in [0.15, 0.2) is 0 Å². The van der Waals surface area contributed by atoms with E-state index in [1.165, 1.54) is 0 Å². The molecular weight excluding hydrogens is 380 g/mol. The molecule has 0 radical (unpaired) electrons. The van der Waals surface area contributed by atoms with Crippen molar-refractivity contribution in [3.8, 4) is 5.75 Å². The zero-order valence-corrected chi connectivity index (χ0v) is 16.2. The van der Waals surface area contributed by atoms with Crippen LogP contribution in [0.2, 0.25) is 5.02 Å². The Hall–Kier alpha value is -2.83. The van der Waals surface area contributed by atoms with Crippen LogP contribution in [0.5, 0.6) is 5.75 Å². The number of ether oxygens (including phenoxy) is 2. The second-order valence-electron chi connectivity index (χ2n) is 6.17. The van der Waals surface area contributed by atoms with E-state index >= 15 is 0 Å². The van der Waals surface area contributed by atoms with Crippen molar-refractivity contribution in [1.82, 2.24) is 10.2 Å². The molecule has 0 aromatic heterocycles. The van der Waals surface area contributed by atoms with Crippen molar-refractivity contribution in [1.29, 1.82) is 0 Å². The molecular formula is C21H21ClN2O4. The third-order valence-electron chi connectivity index (χ3n) is 4.32. The first-order valence-corrected chi connectivity index (χ1v) is 9.25. The Bertz CT molecular complexity index is 874. The van der Waals surface area contributed by atoms with Crippen LogP contribution in [0.1, 0.15) is 15.9 Å². The van der Waals surface area contributed by atoms with Gasteiger partial charge in [0.2, 0.25) is 0 Å². The number of hydrogen-bond donors (Lipinski definition) is 1. The Morgan fingerprint density at radius 2 is 1.79 bits per heavy atom. The lowest BCUT2D eigenvalue weighted by Gasteiger charge is -2.28. The number of amides is 2. The second-order valence-corrected chi connectivity index (χ2v) is 6.58. The number of benzene rings is 2. The molecule has 1 N–H and O–H groups in total. The van der Waals surface area contributed by atoms with Crippen molar-refractivity contribution < 1.29 is 19.1 Å². The summed E-state index contributed by atoms with van der Waals surface area (Å²) in [5.41, 5.74) is 1.24. The highest BCUT2D eigenvalue weighted by Crippen LogP contribution is 2.18. The number of nitrogens with one attached hydrogen (secondary N) is 1. The summed E-state index contributed by atoms with van der Waals surface area (Å²) in [5.74, 6) is 0.00445. The summed E-state index contributed by atoms with van der Waals surface area (Å²) in [4.78, 5) is 27.4. The van der Waals surface area contributed by atoms with Crippen LogP contribution in [-0.4, -0.2) is 50.1 Å². The molecule has 1 saturated heterocycles. The number of halogens is 1. The largest absolute Gasteiger partial charge is 0.497 e. The van der Waals surface area contributed by atoms with Gasteiger partial charge in [-0.1, -0.05) is 35.9 Å². The minimum Gasteiger partial charge on any atom is -0.497 e. The van der Waals surface area contributed by atoms with Crippen molar-refractivity contribution in [2.75, 3.05) is 33.4 Å². The molecule has 0 atom stereocenters. The normalized spacial score (nSPS) is 14.5. The predicted octanol–water partition coefficient (Wildman–Crippen LogP) is 2.98. The van der Waals surface area contributed by atoms with Gasteiger partial charge in [-0.15, -0.1) is 0 Å². The van der Waals surface area contributed by atoms with Gasteiger partial charge in [0.1, 0.15) is 11.4 Å². The van der Waals surface area contributed by atoms with E-state index in [4.69, 9.17) is 21.1 Å². The van der Waals surface area contributed by atoms with Gasteiger partial charge < -0.3 is 19.7 Å². The van der Waals surface area contributed by atoms with Crippen LogP contribution < -0.4 is 10.1 Å². The molecule has 0 spiro atoms. The van der Waals surface area contributed by atoms with E-state index in [1.54, 1.807) is 54.5 Å². The molecule has 1 aliphatic rings. The van der Waals surface area contributed by atoms with E-state index in [1.807, 2.05) is 12.1 Å². The number of carbonyl (C=O) groups is 2. The van der Waals surface area contributed by atoms with Gasteiger partial charge in [-0.25, -0.2) is 0 Å². The molecule has 2 aromatic rings. The fourth-order valence-corrected chi connectivity index (χ4v) is 3.01. The van der Waals surface area contributed by atoms with E-state index in [0.29, 0.717) is 42.6 Å². The Labute approximate surface area is 168 Å². The highest BCUT2D eigenvalue weighted by atomic mass is 35.5. The maximum absolute atomic E-state index is 13.0. The van der Waals surface area contributed by atoms with Gasteiger partial charge >= 0.3 is 0 Å². The smallest absolute Gasteiger partial charge is 0.270 e. The van der Waals surface area contributed by atoms with Gasteiger partial charge in [-0.2, -0.15) is 0 Å². The number of hydrogen-bond acceptors (Lipinski definition) is 4. The van der Waals surface area contributed by atoms with Crippen LogP contribution in [0.4, 0.5) is 0 Å². The first kappa shape index (κ1) is 19.9. The quantitative estimate of drug-likeness (QED) is 0.783. The van der Waals surface area contributed by atoms with Crippen molar-refractivity contribution in [3.05, 3.63) is 70.4 Å². The SMILES string of the molecule is COc1ccc(C=C(NC(=O)c2ccccc2Cl)C(=O)N2CCOCC2)cc1. The van der Waals surface area contributed by atoms with Gasteiger partial charge in [0.25, 0.3) is 11.8 Å². The summed E-state index contributed by atoms with van der Waals surface area (Å²) in [5, 5.41) is 3.04. The van der Waals surface area contributed by atoms with Crippen molar-refractivity contribution >= 4 is 29.5 Å². The standard InChI is InChI=1S/C21H21ClN2O4/c1-27-16-8-6-15(7-9-16)14-19(21(26)24-10-12-28-13-11-24)23-20(25)17-4-2-3-5-18(17)22/h2-9,14H,10-13H2,1H3,(H,23,25). The van der Waals surface area contributed by atoms with Crippen LogP contribution in [0.25, 0.3) is 6.08 Å². The monoisotopic (exact) mass is 400 g/mol. The number of carbonyl (C=O) groups excluding carboxylic acids is 2. The molecule has 0 saturated carbocycles. The van der Waals surface area contributed by atoms with Gasteiger partial charge in [-0.05, 0) is 35.9 Å². The molecule has 3 rings (SSSR count). The van der Waals surface area contributed by atoms with Gasteiger partial charge in [-0.3, -0.25) is 9.59 Å². The van der Waals surface area contributed by atoms with Crippen LogP contribution in [0.15, 0.2) is 54.2 Å². The van der Waals surface area contributed by atoms with Crippen LogP contribution in [0, 0.1) is 0 Å². The van der Waals surface area contributed by atoms with Crippen LogP contribution in [0.3, 0.4) is 0 Å². The molecule has 0 aliphatic carbocycles. The first-order valence-electron chi connectivity index (χ1n) is 8.87. The fraction of sp³-hybridized carbons (Fsp3) is 0.238. The Morgan fingerprint density at radius 1 is 1.11 bits per heavy atom. The molecule has 1 aliphatic heterocycles. The number of methoxy groups -OCH3 is 1. The minimum absolute atomic E-state index is 0.178.